The van der Waals surface area contributed by atoms with Crippen LogP contribution in [0.5, 0.6) is 0 Å². The third-order valence-electron chi connectivity index (χ3n) is 9.05. The number of carbonyl (C=O) groups excluding carboxylic acids is 1. The van der Waals surface area contributed by atoms with Gasteiger partial charge in [-0.15, -0.1) is 0 Å². The molecule has 5 nitrogen and oxygen atoms in total. The highest BCUT2D eigenvalue weighted by Crippen LogP contribution is 2.62. The average Bonchev–Trinajstić information content (AvgIpc) is 2.84. The van der Waals surface area contributed by atoms with E-state index in [1.165, 1.54) is 31.2 Å². The van der Waals surface area contributed by atoms with Gasteiger partial charge in [0.1, 0.15) is 18.0 Å². The van der Waals surface area contributed by atoms with E-state index in [1.807, 2.05) is 36.4 Å². The minimum absolute atomic E-state index is 0.0869. The van der Waals surface area contributed by atoms with Crippen molar-refractivity contribution in [3.63, 3.8) is 0 Å². The molecule has 2 N–H and O–H groups in total. The van der Waals surface area contributed by atoms with Gasteiger partial charge in [-0.3, -0.25) is 4.79 Å². The summed E-state index contributed by atoms with van der Waals surface area (Å²) in [6, 6.07) is 11.7. The number of hydrogen-bond donors (Lipinski definition) is 2. The number of anilines is 3. The maximum Gasteiger partial charge on any atom is 0.231 e. The van der Waals surface area contributed by atoms with Gasteiger partial charge in [-0.05, 0) is 73.0 Å². The van der Waals surface area contributed by atoms with Crippen LogP contribution in [-0.4, -0.2) is 15.9 Å². The monoisotopic (exact) mass is 470 g/mol. The number of allylic oxidation sites excluding steroid dienone is 4. The van der Waals surface area contributed by atoms with Crippen molar-refractivity contribution < 1.29 is 4.79 Å². The van der Waals surface area contributed by atoms with Crippen molar-refractivity contribution in [1.82, 2.24) is 9.97 Å². The summed E-state index contributed by atoms with van der Waals surface area (Å²) in [5.41, 5.74) is 3.78. The van der Waals surface area contributed by atoms with Gasteiger partial charge in [0.05, 0.1) is 5.41 Å². The van der Waals surface area contributed by atoms with Crippen LogP contribution in [0.1, 0.15) is 66.2 Å². The van der Waals surface area contributed by atoms with Crippen molar-refractivity contribution in [2.75, 3.05) is 10.6 Å². The molecule has 0 unspecified atom stereocenters. The Morgan fingerprint density at radius 3 is 2.63 bits per heavy atom. The van der Waals surface area contributed by atoms with Crippen LogP contribution in [0.3, 0.4) is 0 Å². The van der Waals surface area contributed by atoms with Crippen molar-refractivity contribution in [3.8, 4) is 0 Å². The minimum atomic E-state index is -0.422. The number of fused-ring (bicyclic) bond motifs is 3. The third-order valence-corrected chi connectivity index (χ3v) is 9.05. The zero-order valence-electron chi connectivity index (χ0n) is 21.5. The van der Waals surface area contributed by atoms with Crippen molar-refractivity contribution in [2.24, 2.45) is 28.6 Å². The highest BCUT2D eigenvalue weighted by Gasteiger charge is 2.57. The molecule has 2 aromatic rings. The van der Waals surface area contributed by atoms with Crippen LogP contribution in [0.2, 0.25) is 0 Å². The zero-order chi connectivity index (χ0) is 24.6. The lowest BCUT2D eigenvalue weighted by Gasteiger charge is -2.57. The topological polar surface area (TPSA) is 66.9 Å². The number of amides is 1. The molecule has 0 radical (unpaired) electrons. The van der Waals surface area contributed by atoms with Gasteiger partial charge < -0.3 is 10.6 Å². The average molecular weight is 471 g/mol. The molecule has 5 heteroatoms. The second-order valence-corrected chi connectivity index (χ2v) is 11.5. The Morgan fingerprint density at radius 2 is 1.86 bits per heavy atom. The molecule has 1 aromatic heterocycles. The maximum atomic E-state index is 13.8. The molecule has 3 aliphatic rings. The second kappa shape index (κ2) is 9.25. The molecule has 3 aliphatic carbocycles. The summed E-state index contributed by atoms with van der Waals surface area (Å²) < 4.78 is 0. The molecule has 0 spiro atoms. The van der Waals surface area contributed by atoms with Crippen molar-refractivity contribution >= 4 is 23.2 Å². The van der Waals surface area contributed by atoms with Crippen LogP contribution in [-0.2, 0) is 4.79 Å². The first-order valence-electron chi connectivity index (χ1n) is 13.2. The third kappa shape index (κ3) is 4.41. The summed E-state index contributed by atoms with van der Waals surface area (Å²) in [7, 11) is 0. The molecule has 1 aromatic carbocycles. The zero-order valence-corrected chi connectivity index (χ0v) is 21.5. The van der Waals surface area contributed by atoms with E-state index in [4.69, 9.17) is 0 Å². The summed E-state index contributed by atoms with van der Waals surface area (Å²) in [6.07, 6.45) is 13.0. The Kier molecular flexibility index (Phi) is 6.29. The number of aromatic nitrogens is 2. The van der Waals surface area contributed by atoms with E-state index in [2.05, 4.69) is 60.4 Å². The molecule has 0 bridgehead atoms. The molecular weight excluding hydrogens is 432 g/mol. The highest BCUT2D eigenvalue weighted by molar-refractivity contribution is 5.95. The van der Waals surface area contributed by atoms with Gasteiger partial charge in [0, 0.05) is 11.8 Å². The van der Waals surface area contributed by atoms with Crippen LogP contribution in [0.15, 0.2) is 66.0 Å². The van der Waals surface area contributed by atoms with Gasteiger partial charge in [0.25, 0.3) is 0 Å². The lowest BCUT2D eigenvalue weighted by atomic mass is 9.46. The fourth-order valence-electron chi connectivity index (χ4n) is 7.04. The Hall–Kier alpha value is -2.95. The molecule has 1 amide bonds. The second-order valence-electron chi connectivity index (χ2n) is 11.5. The van der Waals surface area contributed by atoms with E-state index in [0.717, 1.165) is 24.9 Å². The molecule has 184 valence electrons. The smallest absolute Gasteiger partial charge is 0.231 e. The quantitative estimate of drug-likeness (QED) is 0.481. The van der Waals surface area contributed by atoms with E-state index in [0.29, 0.717) is 29.4 Å². The lowest BCUT2D eigenvalue weighted by molar-refractivity contribution is -0.138. The van der Waals surface area contributed by atoms with Crippen LogP contribution >= 0.6 is 0 Å². The van der Waals surface area contributed by atoms with Gasteiger partial charge in [-0.25, -0.2) is 9.97 Å². The summed E-state index contributed by atoms with van der Waals surface area (Å²) >= 11 is 0. The van der Waals surface area contributed by atoms with Crippen molar-refractivity contribution in [2.45, 2.75) is 66.2 Å². The molecule has 1 fully saturated rings. The normalized spacial score (nSPS) is 30.0. The number of para-hydroxylation sites is 1. The van der Waals surface area contributed by atoms with E-state index in [1.54, 1.807) is 5.57 Å². The van der Waals surface area contributed by atoms with Crippen LogP contribution in [0.4, 0.5) is 17.3 Å². The highest BCUT2D eigenvalue weighted by atomic mass is 16.2. The Balaban J connectivity index is 1.37. The van der Waals surface area contributed by atoms with Gasteiger partial charge in [-0.1, -0.05) is 70.0 Å². The Morgan fingerprint density at radius 1 is 1.09 bits per heavy atom. The minimum Gasteiger partial charge on any atom is -0.340 e. The lowest BCUT2D eigenvalue weighted by Crippen LogP contribution is -2.54. The van der Waals surface area contributed by atoms with E-state index in [-0.39, 0.29) is 11.3 Å². The summed E-state index contributed by atoms with van der Waals surface area (Å²) in [5.74, 6) is 2.79. The van der Waals surface area contributed by atoms with Crippen molar-refractivity contribution in [1.29, 1.82) is 0 Å². The molecule has 1 heterocycles. The molecule has 0 aliphatic heterocycles. The number of carbonyl (C=O) groups is 1. The van der Waals surface area contributed by atoms with Gasteiger partial charge >= 0.3 is 0 Å². The fourth-order valence-corrected chi connectivity index (χ4v) is 7.04. The molecular formula is C30H38N4O. The van der Waals surface area contributed by atoms with Gasteiger partial charge in [0.2, 0.25) is 5.91 Å². The molecule has 4 atom stereocenters. The number of nitrogens with zero attached hydrogens (tertiary/aromatic N) is 2. The number of nitrogens with one attached hydrogen (secondary N) is 2. The molecule has 5 rings (SSSR count). The van der Waals surface area contributed by atoms with Gasteiger partial charge in [0.15, 0.2) is 0 Å². The summed E-state index contributed by atoms with van der Waals surface area (Å²) in [6.45, 7) is 9.25. The largest absolute Gasteiger partial charge is 0.340 e. The van der Waals surface area contributed by atoms with E-state index >= 15 is 0 Å². The molecule has 35 heavy (non-hydrogen) atoms. The standard InChI is InChI=1S/C30H38N4O/c1-20(2)21-11-13-24-22(17-21)12-14-25-29(24,3)15-8-16-30(25,4)28(35)34-27-18-26(31-19-32-27)33-23-9-6-5-7-10-23/h5-7,9-10,12,17-20,24-25H,8,11,13-16H2,1-4H3,(H2,31,32,33,34,35)/t24-,25+,29+,30+/m0/s1. The van der Waals surface area contributed by atoms with Gasteiger partial charge in [-0.2, -0.15) is 0 Å². The van der Waals surface area contributed by atoms with Crippen molar-refractivity contribution in [3.05, 3.63) is 66.0 Å². The Bertz CT molecular complexity index is 1150. The molecule has 1 saturated carbocycles. The van der Waals surface area contributed by atoms with E-state index < -0.39 is 5.41 Å². The summed E-state index contributed by atoms with van der Waals surface area (Å²) in [5, 5.41) is 6.44. The van der Waals surface area contributed by atoms with E-state index in [9.17, 15) is 4.79 Å². The van der Waals surface area contributed by atoms with Crippen LogP contribution < -0.4 is 10.6 Å². The predicted molar refractivity (Wildman–Crippen MR) is 142 cm³/mol. The first-order valence-corrected chi connectivity index (χ1v) is 13.2. The first-order chi connectivity index (χ1) is 16.8. The first kappa shape index (κ1) is 23.8. The number of rotatable bonds is 5. The maximum absolute atomic E-state index is 13.8. The van der Waals surface area contributed by atoms with Crippen LogP contribution in [0.25, 0.3) is 0 Å². The Labute approximate surface area is 209 Å². The number of benzene rings is 1. The fraction of sp³-hybridized carbons (Fsp3) is 0.500. The number of hydrogen-bond acceptors (Lipinski definition) is 4. The molecule has 0 saturated heterocycles. The summed E-state index contributed by atoms with van der Waals surface area (Å²) in [4.78, 5) is 22.5. The predicted octanol–water partition coefficient (Wildman–Crippen LogP) is 7.29. The SMILES string of the molecule is CC(C)C1=CC2=CC[C@@H]3[C@](C)(CCC[C@@]3(C)C(=O)Nc3cc(Nc4ccccc4)ncn3)[C@H]2CC1. The van der Waals surface area contributed by atoms with Crippen LogP contribution in [0, 0.1) is 28.6 Å².